The summed E-state index contributed by atoms with van der Waals surface area (Å²) in [6.07, 6.45) is 2.35. The number of nitrogens with zero attached hydrogens (tertiary/aromatic N) is 2. The number of rotatable bonds is 9. The van der Waals surface area contributed by atoms with Gasteiger partial charge in [-0.1, -0.05) is 12.1 Å². The summed E-state index contributed by atoms with van der Waals surface area (Å²) in [4.78, 5) is 29.5. The number of halogens is 1. The zero-order valence-electron chi connectivity index (χ0n) is 19.3. The maximum atomic E-state index is 11.8. The molecule has 1 aromatic carbocycles. The summed E-state index contributed by atoms with van der Waals surface area (Å²) in [5, 5.41) is 9.22. The van der Waals surface area contributed by atoms with E-state index in [0.29, 0.717) is 18.2 Å². The molecule has 31 heavy (non-hydrogen) atoms. The molecule has 0 atom stereocenters. The third-order valence-electron chi connectivity index (χ3n) is 3.78. The van der Waals surface area contributed by atoms with Crippen LogP contribution in [0.25, 0.3) is 0 Å². The zero-order chi connectivity index (χ0) is 22.6. The van der Waals surface area contributed by atoms with Gasteiger partial charge in [-0.3, -0.25) is 10.1 Å². The number of thioether (sulfide) groups is 1. The first-order valence-corrected chi connectivity index (χ1v) is 11.3. The molecule has 2 amide bonds. The first-order chi connectivity index (χ1) is 14.1. The molecule has 0 radical (unpaired) electrons. The third kappa shape index (κ3) is 14.1. The van der Waals surface area contributed by atoms with E-state index in [4.69, 9.17) is 4.74 Å². The summed E-state index contributed by atoms with van der Waals surface area (Å²) in [5.74, 6) is 1.53. The average Bonchev–Trinajstić information content (AvgIpc) is 2.65. The van der Waals surface area contributed by atoms with Gasteiger partial charge in [-0.25, -0.2) is 9.79 Å². The van der Waals surface area contributed by atoms with Crippen LogP contribution in [0.4, 0.5) is 10.5 Å². The molecule has 0 aromatic heterocycles. The van der Waals surface area contributed by atoms with Gasteiger partial charge in [-0.2, -0.15) is 11.8 Å². The molecule has 1 aromatic rings. The van der Waals surface area contributed by atoms with Crippen LogP contribution in [-0.4, -0.2) is 74.2 Å². The topological polar surface area (TPSA) is 95.1 Å². The summed E-state index contributed by atoms with van der Waals surface area (Å²) < 4.78 is 5.25. The minimum absolute atomic E-state index is 0. The Bertz CT molecular complexity index is 706. The van der Waals surface area contributed by atoms with Gasteiger partial charge in [0, 0.05) is 38.6 Å². The van der Waals surface area contributed by atoms with Gasteiger partial charge in [0.15, 0.2) is 5.96 Å². The normalized spacial score (nSPS) is 11.2. The molecule has 0 aliphatic rings. The number of hydrogen-bond acceptors (Lipinski definition) is 5. The van der Waals surface area contributed by atoms with Crippen LogP contribution in [0.2, 0.25) is 0 Å². The first kappa shape index (κ1) is 29.3. The summed E-state index contributed by atoms with van der Waals surface area (Å²) in [5.41, 5.74) is 1.27. The number of hydrogen-bond donors (Lipinski definition) is 3. The molecule has 0 saturated heterocycles. The summed E-state index contributed by atoms with van der Waals surface area (Å²) >= 11 is 1.74. The number of benzene rings is 1. The highest BCUT2D eigenvalue weighted by Gasteiger charge is 2.16. The van der Waals surface area contributed by atoms with Crippen molar-refractivity contribution in [1.82, 2.24) is 15.5 Å². The monoisotopic (exact) mass is 565 g/mol. The van der Waals surface area contributed by atoms with Crippen molar-refractivity contribution in [3.8, 4) is 0 Å². The SMILES string of the molecule is CSCCNC(=NCC(=O)N(C)C)NCCc1ccc(NC(=O)OC(C)(C)C)cc1.I. The molecule has 0 heterocycles. The zero-order valence-corrected chi connectivity index (χ0v) is 22.4. The van der Waals surface area contributed by atoms with Crippen molar-refractivity contribution in [3.05, 3.63) is 29.8 Å². The van der Waals surface area contributed by atoms with Crippen molar-refractivity contribution in [3.63, 3.8) is 0 Å². The molecule has 8 nitrogen and oxygen atoms in total. The summed E-state index contributed by atoms with van der Waals surface area (Å²) in [6.45, 7) is 7.02. The van der Waals surface area contributed by atoms with Crippen molar-refractivity contribution in [2.24, 2.45) is 4.99 Å². The molecule has 0 aliphatic heterocycles. The van der Waals surface area contributed by atoms with Gasteiger partial charge in [-0.05, 0) is 51.1 Å². The molecule has 176 valence electrons. The van der Waals surface area contributed by atoms with Crippen molar-refractivity contribution in [2.45, 2.75) is 32.8 Å². The Morgan fingerprint density at radius 1 is 1.10 bits per heavy atom. The number of anilines is 1. The Morgan fingerprint density at radius 3 is 2.26 bits per heavy atom. The van der Waals surface area contributed by atoms with E-state index in [1.165, 1.54) is 4.90 Å². The van der Waals surface area contributed by atoms with Crippen LogP contribution in [-0.2, 0) is 16.0 Å². The van der Waals surface area contributed by atoms with Crippen LogP contribution in [0.15, 0.2) is 29.3 Å². The second kappa shape index (κ2) is 15.2. The number of aliphatic imine (C=N–C) groups is 1. The van der Waals surface area contributed by atoms with Crippen LogP contribution in [0.5, 0.6) is 0 Å². The lowest BCUT2D eigenvalue weighted by Gasteiger charge is -2.19. The minimum atomic E-state index is -0.532. The minimum Gasteiger partial charge on any atom is -0.444 e. The van der Waals surface area contributed by atoms with E-state index in [9.17, 15) is 9.59 Å². The molecule has 10 heteroatoms. The summed E-state index contributed by atoms with van der Waals surface area (Å²) in [6, 6.07) is 7.62. The first-order valence-electron chi connectivity index (χ1n) is 9.91. The summed E-state index contributed by atoms with van der Waals surface area (Å²) in [7, 11) is 3.43. The number of amides is 2. The fourth-order valence-corrected chi connectivity index (χ4v) is 2.54. The highest BCUT2D eigenvalue weighted by molar-refractivity contribution is 14.0. The van der Waals surface area contributed by atoms with Crippen LogP contribution >= 0.6 is 35.7 Å². The third-order valence-corrected chi connectivity index (χ3v) is 4.39. The van der Waals surface area contributed by atoms with Gasteiger partial charge in [0.2, 0.25) is 5.91 Å². The Balaban J connectivity index is 0.00000900. The van der Waals surface area contributed by atoms with Crippen molar-refractivity contribution in [2.75, 3.05) is 51.1 Å². The van der Waals surface area contributed by atoms with E-state index < -0.39 is 11.7 Å². The van der Waals surface area contributed by atoms with Crippen LogP contribution < -0.4 is 16.0 Å². The highest BCUT2D eigenvalue weighted by atomic mass is 127. The van der Waals surface area contributed by atoms with E-state index in [2.05, 4.69) is 20.9 Å². The number of ether oxygens (including phenoxy) is 1. The Hall–Kier alpha value is -1.69. The fraction of sp³-hybridized carbons (Fsp3) is 0.571. The van der Waals surface area contributed by atoms with E-state index in [0.717, 1.165) is 24.3 Å². The second-order valence-electron chi connectivity index (χ2n) is 7.87. The van der Waals surface area contributed by atoms with Crippen LogP contribution in [0.1, 0.15) is 26.3 Å². The van der Waals surface area contributed by atoms with E-state index in [-0.39, 0.29) is 36.4 Å². The number of carbonyl (C=O) groups excluding carboxylic acids is 2. The van der Waals surface area contributed by atoms with Gasteiger partial charge in [-0.15, -0.1) is 24.0 Å². The predicted octanol–water partition coefficient (Wildman–Crippen LogP) is 3.18. The maximum absolute atomic E-state index is 11.8. The molecule has 0 spiro atoms. The smallest absolute Gasteiger partial charge is 0.412 e. The number of nitrogens with one attached hydrogen (secondary N) is 3. The van der Waals surface area contributed by atoms with Crippen LogP contribution in [0.3, 0.4) is 0 Å². The Kier molecular flexibility index (Phi) is 14.3. The standard InChI is InChI=1S/C21H35N5O3S.HI/c1-21(2,3)29-20(28)25-17-9-7-16(8-10-17)11-12-22-19(23-13-14-30-6)24-15-18(27)26(4)5;/h7-10H,11-15H2,1-6H3,(H,25,28)(H2,22,23,24);1H. The van der Waals surface area contributed by atoms with E-state index in [1.54, 1.807) is 25.9 Å². The van der Waals surface area contributed by atoms with Crippen molar-refractivity contribution >= 4 is 59.4 Å². The quantitative estimate of drug-likeness (QED) is 0.184. The molecule has 0 aliphatic carbocycles. The molecule has 0 fully saturated rings. The number of likely N-dealkylation sites (N-methyl/N-ethyl adjacent to an activating group) is 1. The Labute approximate surface area is 207 Å². The second-order valence-corrected chi connectivity index (χ2v) is 8.86. The highest BCUT2D eigenvalue weighted by Crippen LogP contribution is 2.13. The maximum Gasteiger partial charge on any atom is 0.412 e. The average molecular weight is 566 g/mol. The molecule has 0 saturated carbocycles. The van der Waals surface area contributed by atoms with Crippen LogP contribution in [0, 0.1) is 0 Å². The Morgan fingerprint density at radius 2 is 1.71 bits per heavy atom. The number of carbonyl (C=O) groups is 2. The van der Waals surface area contributed by atoms with Gasteiger partial charge in [0.05, 0.1) is 0 Å². The van der Waals surface area contributed by atoms with E-state index >= 15 is 0 Å². The van der Waals surface area contributed by atoms with Gasteiger partial charge >= 0.3 is 6.09 Å². The van der Waals surface area contributed by atoms with Crippen molar-refractivity contribution < 1.29 is 14.3 Å². The van der Waals surface area contributed by atoms with E-state index in [1.807, 2.05) is 51.3 Å². The van der Waals surface area contributed by atoms with Crippen molar-refractivity contribution in [1.29, 1.82) is 0 Å². The molecule has 1 rings (SSSR count). The lowest BCUT2D eigenvalue weighted by atomic mass is 10.1. The fourth-order valence-electron chi connectivity index (χ4n) is 2.24. The van der Waals surface area contributed by atoms with Gasteiger partial charge in [0.1, 0.15) is 12.1 Å². The largest absolute Gasteiger partial charge is 0.444 e. The lowest BCUT2D eigenvalue weighted by Crippen LogP contribution is -2.40. The predicted molar refractivity (Wildman–Crippen MR) is 141 cm³/mol. The van der Waals surface area contributed by atoms with Gasteiger partial charge < -0.3 is 20.3 Å². The molecule has 0 bridgehead atoms. The molecular formula is C21H36IN5O3S. The molecular weight excluding hydrogens is 529 g/mol. The molecule has 0 unspecified atom stereocenters. The lowest BCUT2D eigenvalue weighted by molar-refractivity contribution is -0.127. The molecule has 3 N–H and O–H groups in total. The number of guanidine groups is 1. The van der Waals surface area contributed by atoms with Gasteiger partial charge in [0.25, 0.3) is 0 Å².